The number of aliphatic hydroxyl groups is 1. The Labute approximate surface area is 270 Å². The van der Waals surface area contributed by atoms with Gasteiger partial charge in [-0.2, -0.15) is 0 Å². The number of aryl methyl sites for hydroxylation is 1. The van der Waals surface area contributed by atoms with E-state index in [0.29, 0.717) is 18.6 Å². The van der Waals surface area contributed by atoms with Crippen molar-refractivity contribution in [2.45, 2.75) is 61.8 Å². The lowest BCUT2D eigenvalue weighted by Gasteiger charge is -2.36. The molecule has 2 amide bonds. The van der Waals surface area contributed by atoms with Crippen LogP contribution in [0.4, 0.5) is 4.79 Å². The molecule has 0 saturated carbocycles. The number of nitrogens with zero attached hydrogens (tertiary/aromatic N) is 2. The number of hydrogen-bond donors (Lipinski definition) is 3. The van der Waals surface area contributed by atoms with E-state index in [1.165, 1.54) is 7.11 Å². The van der Waals surface area contributed by atoms with Crippen molar-refractivity contribution in [3.8, 4) is 0 Å². The van der Waals surface area contributed by atoms with E-state index in [1.807, 2.05) is 85.8 Å². The van der Waals surface area contributed by atoms with Crippen LogP contribution in [0.1, 0.15) is 51.6 Å². The number of hydrogen-bond acceptors (Lipinski definition) is 10. The van der Waals surface area contributed by atoms with E-state index in [-0.39, 0.29) is 25.4 Å². The number of urea groups is 1. The number of benzene rings is 3. The second-order valence-electron chi connectivity index (χ2n) is 10.6. The molecule has 1 aliphatic rings. The lowest BCUT2D eigenvalue weighted by atomic mass is 10.0. The summed E-state index contributed by atoms with van der Waals surface area (Å²) < 4.78 is 18.6. The standard InChI is InChI=1S/C33H36N4O6S2/c1-21-36-37-33(45-21)44-20-27-17-29(25-12-10-24(19-38)11-13-25)43-31(42-27)26-14-8-23(9-15-26)18-34-32(40)35-28(30(39)41-2)16-22-6-4-3-5-7-22/h3-15,27-29,31,38H,16-20H2,1-2H3,(H2,34,35,40). The molecule has 3 aromatic carbocycles. The van der Waals surface area contributed by atoms with Crippen LogP contribution in [0.5, 0.6) is 0 Å². The van der Waals surface area contributed by atoms with Gasteiger partial charge in [-0.05, 0) is 29.2 Å². The first-order valence-corrected chi connectivity index (χ1v) is 16.4. The fourth-order valence-electron chi connectivity index (χ4n) is 4.89. The Hall–Kier alpha value is -3.81. The molecule has 4 aromatic rings. The van der Waals surface area contributed by atoms with E-state index in [1.54, 1.807) is 23.1 Å². The van der Waals surface area contributed by atoms with Gasteiger partial charge in [-0.15, -0.1) is 10.2 Å². The van der Waals surface area contributed by atoms with Crippen LogP contribution in [0.3, 0.4) is 0 Å². The van der Waals surface area contributed by atoms with Crippen molar-refractivity contribution >= 4 is 35.1 Å². The lowest BCUT2D eigenvalue weighted by molar-refractivity contribution is -0.245. The molecule has 4 atom stereocenters. The lowest BCUT2D eigenvalue weighted by Crippen LogP contribution is -2.47. The molecule has 0 spiro atoms. The number of carbonyl (C=O) groups is 2. The number of nitrogens with one attached hydrogen (secondary N) is 2. The van der Waals surface area contributed by atoms with Gasteiger partial charge in [0.2, 0.25) is 0 Å². The number of methoxy groups -OCH3 is 1. The van der Waals surface area contributed by atoms with Gasteiger partial charge < -0.3 is 30.0 Å². The highest BCUT2D eigenvalue weighted by molar-refractivity contribution is 8.01. The van der Waals surface area contributed by atoms with Gasteiger partial charge in [-0.3, -0.25) is 0 Å². The summed E-state index contributed by atoms with van der Waals surface area (Å²) in [4.78, 5) is 25.0. The van der Waals surface area contributed by atoms with Gasteiger partial charge in [-0.1, -0.05) is 102 Å². The fraction of sp³-hybridized carbons (Fsp3) is 0.333. The number of rotatable bonds is 12. The first-order chi connectivity index (χ1) is 21.9. The zero-order chi connectivity index (χ0) is 31.6. The van der Waals surface area contributed by atoms with Gasteiger partial charge in [0.15, 0.2) is 10.6 Å². The Balaban J connectivity index is 1.21. The Morgan fingerprint density at radius 2 is 1.69 bits per heavy atom. The van der Waals surface area contributed by atoms with Gasteiger partial charge in [0, 0.05) is 30.7 Å². The van der Waals surface area contributed by atoms with E-state index in [4.69, 9.17) is 14.2 Å². The summed E-state index contributed by atoms with van der Waals surface area (Å²) in [5.41, 5.74) is 4.51. The average Bonchev–Trinajstić information content (AvgIpc) is 3.51. The third-order valence-corrected chi connectivity index (χ3v) is 9.40. The molecule has 1 fully saturated rings. The van der Waals surface area contributed by atoms with Crippen LogP contribution in [-0.4, -0.2) is 52.3 Å². The van der Waals surface area contributed by atoms with Gasteiger partial charge in [-0.25, -0.2) is 9.59 Å². The summed E-state index contributed by atoms with van der Waals surface area (Å²) in [6.07, 6.45) is 0.121. The number of thioether (sulfide) groups is 1. The Morgan fingerprint density at radius 1 is 0.978 bits per heavy atom. The van der Waals surface area contributed by atoms with E-state index >= 15 is 0 Å². The molecule has 236 valence electrons. The average molecular weight is 649 g/mol. The van der Waals surface area contributed by atoms with Crippen LogP contribution in [0.25, 0.3) is 0 Å². The summed E-state index contributed by atoms with van der Waals surface area (Å²) in [7, 11) is 1.30. The smallest absolute Gasteiger partial charge is 0.328 e. The number of aromatic nitrogens is 2. The molecular weight excluding hydrogens is 613 g/mol. The van der Waals surface area contributed by atoms with Crippen LogP contribution >= 0.6 is 23.1 Å². The van der Waals surface area contributed by atoms with Crippen molar-refractivity contribution in [2.75, 3.05) is 12.9 Å². The Bertz CT molecular complexity index is 1540. The van der Waals surface area contributed by atoms with Crippen LogP contribution in [0.15, 0.2) is 83.2 Å². The predicted octanol–water partition coefficient (Wildman–Crippen LogP) is 5.26. The summed E-state index contributed by atoms with van der Waals surface area (Å²) in [6, 6.07) is 23.7. The van der Waals surface area contributed by atoms with Gasteiger partial charge in [0.05, 0.1) is 25.9 Å². The van der Waals surface area contributed by atoms with Crippen molar-refractivity contribution in [1.82, 2.24) is 20.8 Å². The quantitative estimate of drug-likeness (QED) is 0.139. The van der Waals surface area contributed by atoms with Crippen molar-refractivity contribution < 1.29 is 28.9 Å². The molecule has 3 N–H and O–H groups in total. The third kappa shape index (κ3) is 9.35. The van der Waals surface area contributed by atoms with Crippen molar-refractivity contribution in [2.24, 2.45) is 0 Å². The Kier molecular flexibility index (Phi) is 11.6. The summed E-state index contributed by atoms with van der Waals surface area (Å²) in [5, 5.41) is 24.3. The maximum Gasteiger partial charge on any atom is 0.328 e. The minimum absolute atomic E-state index is 0.0134. The molecule has 10 nitrogen and oxygen atoms in total. The van der Waals surface area contributed by atoms with Crippen LogP contribution < -0.4 is 10.6 Å². The number of esters is 1. The molecule has 1 aromatic heterocycles. The highest BCUT2D eigenvalue weighted by Gasteiger charge is 2.32. The first-order valence-electron chi connectivity index (χ1n) is 14.6. The van der Waals surface area contributed by atoms with Crippen molar-refractivity contribution in [3.05, 3.63) is 112 Å². The predicted molar refractivity (Wildman–Crippen MR) is 172 cm³/mol. The molecule has 1 saturated heterocycles. The van der Waals surface area contributed by atoms with Gasteiger partial charge in [0.25, 0.3) is 0 Å². The number of aliphatic hydroxyl groups excluding tert-OH is 1. The number of ether oxygens (including phenoxy) is 3. The van der Waals surface area contributed by atoms with Crippen LogP contribution in [-0.2, 0) is 38.6 Å². The molecule has 1 aliphatic heterocycles. The minimum Gasteiger partial charge on any atom is -0.467 e. The molecule has 0 radical (unpaired) electrons. The molecular formula is C33H36N4O6S2. The van der Waals surface area contributed by atoms with Crippen molar-refractivity contribution in [3.63, 3.8) is 0 Å². The topological polar surface area (TPSA) is 132 Å². The molecule has 0 aliphatic carbocycles. The van der Waals surface area contributed by atoms with E-state index in [0.717, 1.165) is 37.2 Å². The van der Waals surface area contributed by atoms with Crippen LogP contribution in [0.2, 0.25) is 0 Å². The number of carbonyl (C=O) groups excluding carboxylic acids is 2. The third-order valence-electron chi connectivity index (χ3n) is 7.29. The molecule has 2 heterocycles. The monoisotopic (exact) mass is 648 g/mol. The SMILES string of the molecule is COC(=O)C(Cc1ccccc1)NC(=O)NCc1ccc(C2OC(CSc3nnc(C)s3)CC(c3ccc(CO)cc3)O2)cc1. The normalized spacial score (nSPS) is 18.6. The second-order valence-corrected chi connectivity index (χ2v) is 13.0. The minimum atomic E-state index is -0.810. The summed E-state index contributed by atoms with van der Waals surface area (Å²) >= 11 is 3.19. The van der Waals surface area contributed by atoms with Crippen LogP contribution in [0, 0.1) is 6.92 Å². The van der Waals surface area contributed by atoms with Crippen molar-refractivity contribution in [1.29, 1.82) is 0 Å². The maximum absolute atomic E-state index is 12.7. The zero-order valence-electron chi connectivity index (χ0n) is 25.0. The molecule has 45 heavy (non-hydrogen) atoms. The van der Waals surface area contributed by atoms with E-state index < -0.39 is 24.3 Å². The maximum atomic E-state index is 12.7. The summed E-state index contributed by atoms with van der Waals surface area (Å²) in [5.74, 6) is 0.192. The Morgan fingerprint density at radius 3 is 2.36 bits per heavy atom. The second kappa shape index (κ2) is 16.0. The zero-order valence-corrected chi connectivity index (χ0v) is 26.7. The highest BCUT2D eigenvalue weighted by Crippen LogP contribution is 2.39. The first kappa shape index (κ1) is 32.6. The van der Waals surface area contributed by atoms with Gasteiger partial charge in [0.1, 0.15) is 11.0 Å². The van der Waals surface area contributed by atoms with Gasteiger partial charge >= 0.3 is 12.0 Å². The molecule has 12 heteroatoms. The highest BCUT2D eigenvalue weighted by atomic mass is 32.2. The largest absolute Gasteiger partial charge is 0.467 e. The fourth-order valence-corrected chi connectivity index (χ4v) is 6.75. The molecule has 4 unspecified atom stereocenters. The molecule has 0 bridgehead atoms. The summed E-state index contributed by atoms with van der Waals surface area (Å²) in [6.45, 7) is 2.18. The van der Waals surface area contributed by atoms with E-state index in [2.05, 4.69) is 20.8 Å². The number of amides is 2. The molecule has 5 rings (SSSR count). The van der Waals surface area contributed by atoms with E-state index in [9.17, 15) is 14.7 Å².